The van der Waals surface area contributed by atoms with E-state index in [9.17, 15) is 19.7 Å². The molecule has 138 valence electrons. The SMILES string of the molecule is Cc1cc(C(=O)OCC(=O)Nc2cccc([N+](=O)[O-])c2)c(C)n1C(C)C. The molecule has 0 radical (unpaired) electrons. The first-order valence-electron chi connectivity index (χ1n) is 8.10. The highest BCUT2D eigenvalue weighted by Gasteiger charge is 2.19. The first-order valence-corrected chi connectivity index (χ1v) is 8.10. The lowest BCUT2D eigenvalue weighted by Crippen LogP contribution is -2.21. The summed E-state index contributed by atoms with van der Waals surface area (Å²) in [6.45, 7) is 7.28. The van der Waals surface area contributed by atoms with Gasteiger partial charge in [-0.3, -0.25) is 14.9 Å². The number of aromatic nitrogens is 1. The summed E-state index contributed by atoms with van der Waals surface area (Å²) >= 11 is 0. The monoisotopic (exact) mass is 359 g/mol. The van der Waals surface area contributed by atoms with Crippen LogP contribution in [-0.2, 0) is 9.53 Å². The van der Waals surface area contributed by atoms with Gasteiger partial charge in [0, 0.05) is 35.2 Å². The number of ether oxygens (including phenoxy) is 1. The third kappa shape index (κ3) is 4.27. The number of carbonyl (C=O) groups excluding carboxylic acids is 2. The highest BCUT2D eigenvalue weighted by atomic mass is 16.6. The Bertz CT molecular complexity index is 855. The van der Waals surface area contributed by atoms with Gasteiger partial charge in [0.1, 0.15) is 0 Å². The van der Waals surface area contributed by atoms with Crippen molar-refractivity contribution in [3.05, 3.63) is 57.4 Å². The summed E-state index contributed by atoms with van der Waals surface area (Å²) in [6.07, 6.45) is 0. The van der Waals surface area contributed by atoms with Crippen molar-refractivity contribution in [1.82, 2.24) is 4.57 Å². The van der Waals surface area contributed by atoms with E-state index in [-0.39, 0.29) is 17.4 Å². The fourth-order valence-corrected chi connectivity index (χ4v) is 2.88. The van der Waals surface area contributed by atoms with Crippen LogP contribution >= 0.6 is 0 Å². The zero-order chi connectivity index (χ0) is 19.4. The Labute approximate surface area is 150 Å². The topological polar surface area (TPSA) is 103 Å². The third-order valence-electron chi connectivity index (χ3n) is 3.90. The molecule has 1 aromatic carbocycles. The number of nitrogens with zero attached hydrogens (tertiary/aromatic N) is 2. The van der Waals surface area contributed by atoms with Gasteiger partial charge in [-0.25, -0.2) is 4.79 Å². The van der Waals surface area contributed by atoms with E-state index in [1.54, 1.807) is 6.07 Å². The number of aryl methyl sites for hydroxylation is 1. The van der Waals surface area contributed by atoms with E-state index in [1.165, 1.54) is 24.3 Å². The summed E-state index contributed by atoms with van der Waals surface area (Å²) in [5, 5.41) is 13.2. The van der Waals surface area contributed by atoms with Gasteiger partial charge in [0.05, 0.1) is 10.5 Å². The molecule has 0 saturated carbocycles. The fraction of sp³-hybridized carbons (Fsp3) is 0.333. The minimum absolute atomic E-state index is 0.138. The Morgan fingerprint density at radius 2 is 1.96 bits per heavy atom. The van der Waals surface area contributed by atoms with Crippen LogP contribution in [0.3, 0.4) is 0 Å². The average molecular weight is 359 g/mol. The number of nitro groups is 1. The molecule has 1 amide bonds. The van der Waals surface area contributed by atoms with Gasteiger partial charge in [-0.05, 0) is 39.8 Å². The Kier molecular flexibility index (Phi) is 5.76. The number of rotatable bonds is 6. The predicted molar refractivity (Wildman–Crippen MR) is 96.3 cm³/mol. The van der Waals surface area contributed by atoms with E-state index in [4.69, 9.17) is 4.74 Å². The molecule has 1 N–H and O–H groups in total. The van der Waals surface area contributed by atoms with Crippen molar-refractivity contribution in [2.45, 2.75) is 33.7 Å². The lowest BCUT2D eigenvalue weighted by atomic mass is 10.2. The molecule has 2 rings (SSSR count). The second-order valence-electron chi connectivity index (χ2n) is 6.18. The van der Waals surface area contributed by atoms with Crippen LogP contribution in [-0.4, -0.2) is 28.0 Å². The molecule has 0 bridgehead atoms. The van der Waals surface area contributed by atoms with E-state index >= 15 is 0 Å². The van der Waals surface area contributed by atoms with Crippen molar-refractivity contribution in [3.63, 3.8) is 0 Å². The molecule has 26 heavy (non-hydrogen) atoms. The van der Waals surface area contributed by atoms with Crippen LogP contribution in [0.25, 0.3) is 0 Å². The molecule has 2 aromatic rings. The van der Waals surface area contributed by atoms with Crippen molar-refractivity contribution < 1.29 is 19.2 Å². The van der Waals surface area contributed by atoms with Crippen LogP contribution in [0.2, 0.25) is 0 Å². The van der Waals surface area contributed by atoms with E-state index in [2.05, 4.69) is 5.32 Å². The number of hydrogen-bond donors (Lipinski definition) is 1. The molecule has 0 aliphatic carbocycles. The number of esters is 1. The average Bonchev–Trinajstić information content (AvgIpc) is 2.87. The number of carbonyl (C=O) groups is 2. The minimum atomic E-state index is -0.584. The fourth-order valence-electron chi connectivity index (χ4n) is 2.88. The molecule has 0 aliphatic heterocycles. The smallest absolute Gasteiger partial charge is 0.340 e. The molecule has 0 unspecified atom stereocenters. The van der Waals surface area contributed by atoms with Crippen LogP contribution in [0, 0.1) is 24.0 Å². The summed E-state index contributed by atoms with van der Waals surface area (Å²) in [5.74, 6) is -1.16. The maximum absolute atomic E-state index is 12.2. The standard InChI is InChI=1S/C18H21N3O5/c1-11(2)20-12(3)8-16(13(20)4)18(23)26-10-17(22)19-14-6-5-7-15(9-14)21(24)25/h5-9,11H,10H2,1-4H3,(H,19,22). The van der Waals surface area contributed by atoms with Crippen molar-refractivity contribution in [2.75, 3.05) is 11.9 Å². The molecule has 1 heterocycles. The zero-order valence-electron chi connectivity index (χ0n) is 15.1. The molecule has 0 aliphatic rings. The Hall–Kier alpha value is -3.16. The minimum Gasteiger partial charge on any atom is -0.452 e. The number of anilines is 1. The van der Waals surface area contributed by atoms with E-state index in [1.807, 2.05) is 32.3 Å². The number of nitro benzene ring substituents is 1. The van der Waals surface area contributed by atoms with E-state index in [0.717, 1.165) is 11.4 Å². The van der Waals surface area contributed by atoms with E-state index in [0.29, 0.717) is 5.56 Å². The molecular weight excluding hydrogens is 338 g/mol. The van der Waals surface area contributed by atoms with Crippen molar-refractivity contribution in [1.29, 1.82) is 0 Å². The van der Waals surface area contributed by atoms with E-state index < -0.39 is 23.4 Å². The number of nitrogens with one attached hydrogen (secondary N) is 1. The maximum atomic E-state index is 12.2. The summed E-state index contributed by atoms with van der Waals surface area (Å²) < 4.78 is 7.08. The predicted octanol–water partition coefficient (Wildman–Crippen LogP) is 3.39. The largest absolute Gasteiger partial charge is 0.452 e. The number of benzene rings is 1. The molecular formula is C18H21N3O5. The Morgan fingerprint density at radius 3 is 2.54 bits per heavy atom. The van der Waals surface area contributed by atoms with Crippen LogP contribution in [0.4, 0.5) is 11.4 Å². The zero-order valence-corrected chi connectivity index (χ0v) is 15.1. The highest BCUT2D eigenvalue weighted by molar-refractivity contribution is 5.96. The molecule has 0 saturated heterocycles. The molecule has 0 fully saturated rings. The lowest BCUT2D eigenvalue weighted by molar-refractivity contribution is -0.384. The quantitative estimate of drug-likeness (QED) is 0.484. The first kappa shape index (κ1) is 19.2. The number of amides is 1. The summed E-state index contributed by atoms with van der Waals surface area (Å²) in [6, 6.07) is 7.46. The van der Waals surface area contributed by atoms with Gasteiger partial charge in [-0.2, -0.15) is 0 Å². The summed E-state index contributed by atoms with van der Waals surface area (Å²) in [5.41, 5.74) is 2.26. The Balaban J connectivity index is 1.99. The van der Waals surface area contributed by atoms with Crippen LogP contribution in [0.15, 0.2) is 30.3 Å². The van der Waals surface area contributed by atoms with Gasteiger partial charge in [0.25, 0.3) is 11.6 Å². The van der Waals surface area contributed by atoms with Gasteiger partial charge < -0.3 is 14.6 Å². The van der Waals surface area contributed by atoms with Crippen molar-refractivity contribution in [2.24, 2.45) is 0 Å². The van der Waals surface area contributed by atoms with Crippen molar-refractivity contribution >= 4 is 23.3 Å². The molecule has 8 nitrogen and oxygen atoms in total. The molecule has 8 heteroatoms. The number of non-ortho nitro benzene ring substituents is 1. The summed E-state index contributed by atoms with van der Waals surface area (Å²) in [4.78, 5) is 34.4. The first-order chi connectivity index (χ1) is 12.2. The van der Waals surface area contributed by atoms with Gasteiger partial charge in [0.2, 0.25) is 0 Å². The van der Waals surface area contributed by atoms with Gasteiger partial charge in [0.15, 0.2) is 6.61 Å². The highest BCUT2D eigenvalue weighted by Crippen LogP contribution is 2.21. The number of hydrogen-bond acceptors (Lipinski definition) is 5. The maximum Gasteiger partial charge on any atom is 0.340 e. The van der Waals surface area contributed by atoms with Gasteiger partial charge >= 0.3 is 5.97 Å². The second kappa shape index (κ2) is 7.81. The van der Waals surface area contributed by atoms with Gasteiger partial charge in [-0.15, -0.1) is 0 Å². The van der Waals surface area contributed by atoms with Gasteiger partial charge in [-0.1, -0.05) is 6.07 Å². The summed E-state index contributed by atoms with van der Waals surface area (Å²) in [7, 11) is 0. The van der Waals surface area contributed by atoms with Crippen LogP contribution < -0.4 is 5.32 Å². The molecule has 1 aromatic heterocycles. The second-order valence-corrected chi connectivity index (χ2v) is 6.18. The van der Waals surface area contributed by atoms with Crippen LogP contribution in [0.5, 0.6) is 0 Å². The third-order valence-corrected chi connectivity index (χ3v) is 3.90. The normalized spacial score (nSPS) is 10.7. The molecule has 0 spiro atoms. The van der Waals surface area contributed by atoms with Crippen molar-refractivity contribution in [3.8, 4) is 0 Å². The lowest BCUT2D eigenvalue weighted by Gasteiger charge is -2.13. The van der Waals surface area contributed by atoms with Crippen LogP contribution in [0.1, 0.15) is 41.6 Å². The molecule has 0 atom stereocenters. The Morgan fingerprint density at radius 1 is 1.27 bits per heavy atom.